The lowest BCUT2D eigenvalue weighted by Crippen LogP contribution is -2.27. The van der Waals surface area contributed by atoms with Crippen molar-refractivity contribution in [2.75, 3.05) is 0 Å². The van der Waals surface area contributed by atoms with Crippen LogP contribution < -0.4 is 4.74 Å². The van der Waals surface area contributed by atoms with Crippen LogP contribution in [0.15, 0.2) is 29.8 Å². The molecule has 9 nitrogen and oxygen atoms in total. The van der Waals surface area contributed by atoms with Crippen LogP contribution in [0, 0.1) is 11.7 Å². The summed E-state index contributed by atoms with van der Waals surface area (Å²) in [5, 5.41) is 8.25. The molecule has 2 atom stereocenters. The Hall–Kier alpha value is -3.30. The van der Waals surface area contributed by atoms with Crippen LogP contribution in [0.2, 0.25) is 0 Å². The molecule has 4 rings (SSSR count). The first-order valence-electron chi connectivity index (χ1n) is 10.6. The SMILES string of the molecule is Cn1cc(-c2cn3ncc(F)c3c(O[C@@H]3CCCC(C=NC(=O)OC(C)(C)C)C3)n2)cn1. The largest absolute Gasteiger partial charge is 0.473 e. The molecule has 0 spiro atoms. The zero-order chi connectivity index (χ0) is 22.9. The van der Waals surface area contributed by atoms with Gasteiger partial charge in [0.25, 0.3) is 0 Å². The maximum Gasteiger partial charge on any atom is 0.433 e. The van der Waals surface area contributed by atoms with E-state index in [1.165, 1.54) is 4.52 Å². The van der Waals surface area contributed by atoms with Crippen LogP contribution in [0.4, 0.5) is 9.18 Å². The Labute approximate surface area is 185 Å². The van der Waals surface area contributed by atoms with Crippen LogP contribution in [-0.2, 0) is 11.8 Å². The average Bonchev–Trinajstić information content (AvgIpc) is 3.31. The fraction of sp³-hybridized carbons (Fsp3) is 0.500. The highest BCUT2D eigenvalue weighted by atomic mass is 19.1. The van der Waals surface area contributed by atoms with E-state index in [4.69, 9.17) is 9.47 Å². The van der Waals surface area contributed by atoms with Crippen LogP contribution in [0.3, 0.4) is 0 Å². The molecule has 0 radical (unpaired) electrons. The average molecular weight is 442 g/mol. The Morgan fingerprint density at radius 1 is 1.25 bits per heavy atom. The van der Waals surface area contributed by atoms with Gasteiger partial charge in [0.1, 0.15) is 11.7 Å². The Morgan fingerprint density at radius 2 is 2.06 bits per heavy atom. The number of ether oxygens (including phenoxy) is 2. The van der Waals surface area contributed by atoms with Crippen LogP contribution in [0.25, 0.3) is 16.8 Å². The molecular weight excluding hydrogens is 415 g/mol. The summed E-state index contributed by atoms with van der Waals surface area (Å²) in [7, 11) is 1.81. The first-order chi connectivity index (χ1) is 15.2. The van der Waals surface area contributed by atoms with Gasteiger partial charge in [-0.25, -0.2) is 18.7 Å². The molecule has 0 aliphatic heterocycles. The van der Waals surface area contributed by atoms with Gasteiger partial charge in [0, 0.05) is 25.0 Å². The number of aryl methyl sites for hydroxylation is 1. The van der Waals surface area contributed by atoms with Gasteiger partial charge in [-0.3, -0.25) is 4.68 Å². The molecule has 0 saturated heterocycles. The first-order valence-corrected chi connectivity index (χ1v) is 10.6. The van der Waals surface area contributed by atoms with E-state index in [9.17, 15) is 9.18 Å². The molecule has 1 aliphatic carbocycles. The second kappa shape index (κ2) is 8.68. The van der Waals surface area contributed by atoms with Crippen LogP contribution in [0.1, 0.15) is 46.5 Å². The molecule has 3 aromatic heterocycles. The van der Waals surface area contributed by atoms with Crippen molar-refractivity contribution in [1.29, 1.82) is 0 Å². The molecule has 0 N–H and O–H groups in total. The lowest BCUT2D eigenvalue weighted by Gasteiger charge is -2.27. The van der Waals surface area contributed by atoms with Gasteiger partial charge < -0.3 is 9.47 Å². The minimum absolute atomic E-state index is 0.0635. The Kier molecular flexibility index (Phi) is 5.94. The molecule has 3 heterocycles. The summed E-state index contributed by atoms with van der Waals surface area (Å²) < 4.78 is 28.9. The summed E-state index contributed by atoms with van der Waals surface area (Å²) in [6, 6.07) is 0. The van der Waals surface area contributed by atoms with Crippen LogP contribution in [0.5, 0.6) is 5.88 Å². The van der Waals surface area contributed by atoms with Gasteiger partial charge in [-0.1, -0.05) is 0 Å². The van der Waals surface area contributed by atoms with E-state index >= 15 is 0 Å². The van der Waals surface area contributed by atoms with Crippen molar-refractivity contribution in [3.05, 3.63) is 30.6 Å². The summed E-state index contributed by atoms with van der Waals surface area (Å²) in [4.78, 5) is 20.4. The molecule has 3 aromatic rings. The highest BCUT2D eigenvalue weighted by Gasteiger charge is 2.26. The lowest BCUT2D eigenvalue weighted by atomic mass is 9.88. The Bertz CT molecular complexity index is 1150. The topological polar surface area (TPSA) is 95.9 Å². The van der Waals surface area contributed by atoms with Crippen molar-refractivity contribution in [3.8, 4) is 17.1 Å². The number of rotatable bonds is 4. The van der Waals surface area contributed by atoms with Crippen molar-refractivity contribution in [1.82, 2.24) is 24.4 Å². The maximum absolute atomic E-state index is 14.4. The second-order valence-corrected chi connectivity index (χ2v) is 9.04. The van der Waals surface area contributed by atoms with Crippen LogP contribution in [-0.4, -0.2) is 48.4 Å². The van der Waals surface area contributed by atoms with E-state index in [1.807, 2.05) is 13.2 Å². The second-order valence-electron chi connectivity index (χ2n) is 9.04. The molecule has 1 unspecified atom stereocenters. The number of fused-ring (bicyclic) bond motifs is 1. The first kappa shape index (κ1) is 21.9. The Balaban J connectivity index is 1.52. The normalized spacial score (nSPS) is 19.5. The monoisotopic (exact) mass is 442 g/mol. The predicted octanol–water partition coefficient (Wildman–Crippen LogP) is 4.21. The van der Waals surface area contributed by atoms with Crippen molar-refractivity contribution in [3.63, 3.8) is 0 Å². The number of hydrogen-bond donors (Lipinski definition) is 0. The molecule has 10 heteroatoms. The number of hydrogen-bond acceptors (Lipinski definition) is 6. The molecule has 1 aliphatic rings. The quantitative estimate of drug-likeness (QED) is 0.562. The summed E-state index contributed by atoms with van der Waals surface area (Å²) in [6.07, 6.45) is 10.4. The van der Waals surface area contributed by atoms with Gasteiger partial charge in [-0.2, -0.15) is 15.2 Å². The molecule has 1 fully saturated rings. The fourth-order valence-corrected chi connectivity index (χ4v) is 3.76. The van der Waals surface area contributed by atoms with Crippen molar-refractivity contribution in [2.45, 2.75) is 58.2 Å². The minimum Gasteiger partial charge on any atom is -0.473 e. The molecule has 0 bridgehead atoms. The number of nitrogens with zero attached hydrogens (tertiary/aromatic N) is 6. The fourth-order valence-electron chi connectivity index (χ4n) is 3.76. The van der Waals surface area contributed by atoms with E-state index in [0.29, 0.717) is 12.1 Å². The van der Waals surface area contributed by atoms with E-state index in [0.717, 1.165) is 31.0 Å². The summed E-state index contributed by atoms with van der Waals surface area (Å²) >= 11 is 0. The smallest absolute Gasteiger partial charge is 0.433 e. The number of halogens is 1. The molecule has 170 valence electrons. The third kappa shape index (κ3) is 5.12. The standard InChI is InChI=1S/C22H27FN6O3/c1-22(2,3)32-21(30)24-9-14-6-5-7-16(8-14)31-20-19-17(23)11-26-29(19)13-18(27-20)15-10-25-28(4)12-15/h9-14,16H,5-8H2,1-4H3/t14?,16-/m1/s1. The molecule has 1 saturated carbocycles. The summed E-state index contributed by atoms with van der Waals surface area (Å²) in [5.74, 6) is -0.242. The molecule has 0 aromatic carbocycles. The highest BCUT2D eigenvalue weighted by molar-refractivity contribution is 5.80. The minimum atomic E-state index is -0.602. The maximum atomic E-state index is 14.4. The number of aromatic nitrogens is 5. The zero-order valence-corrected chi connectivity index (χ0v) is 18.7. The van der Waals surface area contributed by atoms with Crippen LogP contribution >= 0.6 is 0 Å². The van der Waals surface area contributed by atoms with E-state index in [-0.39, 0.29) is 23.4 Å². The van der Waals surface area contributed by atoms with E-state index in [1.54, 1.807) is 44.1 Å². The van der Waals surface area contributed by atoms with Gasteiger partial charge >= 0.3 is 6.09 Å². The summed E-state index contributed by atoms with van der Waals surface area (Å²) in [6.45, 7) is 5.40. The zero-order valence-electron chi connectivity index (χ0n) is 18.7. The third-order valence-electron chi connectivity index (χ3n) is 5.15. The van der Waals surface area contributed by atoms with Gasteiger partial charge in [-0.15, -0.1) is 0 Å². The molecule has 1 amide bonds. The third-order valence-corrected chi connectivity index (χ3v) is 5.15. The van der Waals surface area contributed by atoms with Gasteiger partial charge in [0.15, 0.2) is 11.3 Å². The highest BCUT2D eigenvalue weighted by Crippen LogP contribution is 2.31. The number of carbonyl (C=O) groups is 1. The van der Waals surface area contributed by atoms with Crippen molar-refractivity contribution < 1.29 is 18.7 Å². The predicted molar refractivity (Wildman–Crippen MR) is 116 cm³/mol. The van der Waals surface area contributed by atoms with E-state index in [2.05, 4.69) is 20.2 Å². The Morgan fingerprint density at radius 3 is 2.78 bits per heavy atom. The van der Waals surface area contributed by atoms with Crippen molar-refractivity contribution >= 4 is 17.8 Å². The number of carbonyl (C=O) groups excluding carboxylic acids is 1. The van der Waals surface area contributed by atoms with Gasteiger partial charge in [0.2, 0.25) is 5.88 Å². The lowest BCUT2D eigenvalue weighted by molar-refractivity contribution is 0.0603. The number of amides is 1. The van der Waals surface area contributed by atoms with Crippen molar-refractivity contribution in [2.24, 2.45) is 18.0 Å². The van der Waals surface area contributed by atoms with Gasteiger partial charge in [0.05, 0.1) is 24.3 Å². The van der Waals surface area contributed by atoms with Gasteiger partial charge in [-0.05, 0) is 52.4 Å². The molecular formula is C22H27FN6O3. The molecule has 32 heavy (non-hydrogen) atoms. The number of aliphatic imine (C=N–C) groups is 1. The van der Waals surface area contributed by atoms with E-state index < -0.39 is 17.5 Å². The summed E-state index contributed by atoms with van der Waals surface area (Å²) in [5.41, 5.74) is 0.976.